The molecular formula is C15H28N2O3. The number of carbonyl (C=O) groups is 2. The molecule has 1 rings (SSSR count). The van der Waals surface area contributed by atoms with Crippen molar-refractivity contribution in [2.45, 2.75) is 53.0 Å². The van der Waals surface area contributed by atoms with Crippen LogP contribution < -0.4 is 5.73 Å². The lowest BCUT2D eigenvalue weighted by Crippen LogP contribution is -2.51. The molecule has 3 N–H and O–H groups in total. The number of carboxylic acids is 1. The van der Waals surface area contributed by atoms with Crippen LogP contribution in [0.2, 0.25) is 0 Å². The highest BCUT2D eigenvalue weighted by Gasteiger charge is 2.40. The van der Waals surface area contributed by atoms with E-state index in [9.17, 15) is 14.7 Å². The van der Waals surface area contributed by atoms with Crippen LogP contribution in [-0.4, -0.2) is 41.0 Å². The fourth-order valence-corrected chi connectivity index (χ4v) is 2.78. The summed E-state index contributed by atoms with van der Waals surface area (Å²) in [5.74, 6) is -0.471. The number of carbonyl (C=O) groups excluding carboxylic acids is 1. The van der Waals surface area contributed by atoms with Crippen molar-refractivity contribution < 1.29 is 14.7 Å². The molecule has 5 nitrogen and oxygen atoms in total. The van der Waals surface area contributed by atoms with Crippen LogP contribution in [0.1, 0.15) is 47.0 Å². The van der Waals surface area contributed by atoms with Gasteiger partial charge in [0.1, 0.15) is 0 Å². The third-order valence-electron chi connectivity index (χ3n) is 4.35. The average molecular weight is 284 g/mol. The Morgan fingerprint density at radius 2 is 2.00 bits per heavy atom. The van der Waals surface area contributed by atoms with E-state index in [1.165, 1.54) is 0 Å². The Kier molecular flexibility index (Phi) is 5.57. The summed E-state index contributed by atoms with van der Waals surface area (Å²) >= 11 is 0. The van der Waals surface area contributed by atoms with E-state index in [1.54, 1.807) is 18.7 Å². The maximum Gasteiger partial charge on any atom is 0.309 e. The molecule has 1 heterocycles. The van der Waals surface area contributed by atoms with Crippen molar-refractivity contribution in [3.63, 3.8) is 0 Å². The Morgan fingerprint density at radius 1 is 1.40 bits per heavy atom. The summed E-state index contributed by atoms with van der Waals surface area (Å²) in [4.78, 5) is 25.4. The number of likely N-dealkylation sites (tertiary alicyclic amines) is 1. The molecule has 5 heteroatoms. The zero-order valence-electron chi connectivity index (χ0n) is 13.1. The lowest BCUT2D eigenvalue weighted by atomic mass is 9.74. The molecule has 1 amide bonds. The Labute approximate surface area is 121 Å². The molecule has 0 saturated carbocycles. The van der Waals surface area contributed by atoms with Crippen LogP contribution in [0.15, 0.2) is 0 Å². The molecule has 0 bridgehead atoms. The summed E-state index contributed by atoms with van der Waals surface area (Å²) in [6.07, 6.45) is 2.37. The van der Waals surface area contributed by atoms with Crippen LogP contribution in [0, 0.1) is 17.3 Å². The molecule has 0 aromatic carbocycles. The van der Waals surface area contributed by atoms with Crippen molar-refractivity contribution in [2.24, 2.45) is 23.0 Å². The van der Waals surface area contributed by atoms with Crippen LogP contribution in [0.4, 0.5) is 0 Å². The van der Waals surface area contributed by atoms with E-state index in [2.05, 4.69) is 0 Å². The van der Waals surface area contributed by atoms with E-state index in [0.29, 0.717) is 25.4 Å². The number of nitrogens with zero attached hydrogens (tertiary/aromatic N) is 1. The number of nitrogens with two attached hydrogens (primary N) is 1. The van der Waals surface area contributed by atoms with Crippen LogP contribution in [0.3, 0.4) is 0 Å². The molecule has 1 aliphatic rings. The minimum absolute atomic E-state index is 0.0102. The minimum Gasteiger partial charge on any atom is -0.481 e. The van der Waals surface area contributed by atoms with Gasteiger partial charge in [-0.25, -0.2) is 0 Å². The molecule has 0 aromatic heterocycles. The molecular weight excluding hydrogens is 256 g/mol. The molecule has 1 saturated heterocycles. The van der Waals surface area contributed by atoms with Gasteiger partial charge in [-0.1, -0.05) is 13.8 Å². The molecule has 1 fully saturated rings. The van der Waals surface area contributed by atoms with E-state index in [-0.39, 0.29) is 11.8 Å². The van der Waals surface area contributed by atoms with E-state index in [0.717, 1.165) is 12.8 Å². The van der Waals surface area contributed by atoms with Crippen molar-refractivity contribution in [2.75, 3.05) is 13.1 Å². The van der Waals surface area contributed by atoms with Crippen molar-refractivity contribution in [3.8, 4) is 0 Å². The summed E-state index contributed by atoms with van der Waals surface area (Å²) in [6, 6.07) is -0.471. The number of aliphatic carboxylic acids is 1. The molecule has 0 aliphatic carbocycles. The van der Waals surface area contributed by atoms with Crippen LogP contribution >= 0.6 is 0 Å². The van der Waals surface area contributed by atoms with Crippen molar-refractivity contribution >= 4 is 11.9 Å². The van der Waals surface area contributed by atoms with Gasteiger partial charge in [-0.15, -0.1) is 0 Å². The Hall–Kier alpha value is -1.10. The monoisotopic (exact) mass is 284 g/mol. The molecule has 1 aliphatic heterocycles. The normalized spacial score (nSPS) is 21.9. The molecule has 2 unspecified atom stereocenters. The van der Waals surface area contributed by atoms with Crippen molar-refractivity contribution in [3.05, 3.63) is 0 Å². The maximum absolute atomic E-state index is 12.3. The molecule has 2 atom stereocenters. The predicted molar refractivity (Wildman–Crippen MR) is 78.2 cm³/mol. The van der Waals surface area contributed by atoms with Crippen molar-refractivity contribution in [1.82, 2.24) is 4.90 Å². The first kappa shape index (κ1) is 17.0. The Morgan fingerprint density at radius 3 is 2.50 bits per heavy atom. The second-order valence-corrected chi connectivity index (χ2v) is 6.89. The summed E-state index contributed by atoms with van der Waals surface area (Å²) in [7, 11) is 0. The number of piperidine rings is 1. The van der Waals surface area contributed by atoms with Gasteiger partial charge in [0, 0.05) is 13.1 Å². The summed E-state index contributed by atoms with van der Waals surface area (Å²) < 4.78 is 0. The first-order valence-electron chi connectivity index (χ1n) is 7.44. The number of rotatable bonds is 5. The fourth-order valence-electron chi connectivity index (χ4n) is 2.78. The van der Waals surface area contributed by atoms with Gasteiger partial charge in [0.25, 0.3) is 0 Å². The van der Waals surface area contributed by atoms with Gasteiger partial charge in [-0.2, -0.15) is 0 Å². The zero-order chi connectivity index (χ0) is 15.5. The molecule has 20 heavy (non-hydrogen) atoms. The minimum atomic E-state index is -0.804. The van der Waals surface area contributed by atoms with Crippen LogP contribution in [0.5, 0.6) is 0 Å². The SMILES string of the molecule is CC(C)CC(N)C(=O)N1CCCC(C(C)(C)C(=O)O)C1. The second-order valence-electron chi connectivity index (χ2n) is 6.89. The summed E-state index contributed by atoms with van der Waals surface area (Å²) in [6.45, 7) is 8.75. The van der Waals surface area contributed by atoms with Gasteiger partial charge in [-0.05, 0) is 44.9 Å². The molecule has 116 valence electrons. The lowest BCUT2D eigenvalue weighted by Gasteiger charge is -2.40. The highest BCUT2D eigenvalue weighted by Crippen LogP contribution is 2.34. The van der Waals surface area contributed by atoms with Gasteiger partial charge in [0.05, 0.1) is 11.5 Å². The van der Waals surface area contributed by atoms with E-state index in [4.69, 9.17) is 5.73 Å². The fraction of sp³-hybridized carbons (Fsp3) is 0.867. The van der Waals surface area contributed by atoms with Gasteiger partial charge >= 0.3 is 5.97 Å². The number of amides is 1. The van der Waals surface area contributed by atoms with Gasteiger partial charge in [0.15, 0.2) is 0 Å². The summed E-state index contributed by atoms with van der Waals surface area (Å²) in [5.41, 5.74) is 5.15. The number of hydrogen-bond acceptors (Lipinski definition) is 3. The van der Waals surface area contributed by atoms with Gasteiger partial charge in [-0.3, -0.25) is 9.59 Å². The third kappa shape index (κ3) is 3.95. The van der Waals surface area contributed by atoms with Gasteiger partial charge < -0.3 is 15.7 Å². The van der Waals surface area contributed by atoms with Gasteiger partial charge in [0.2, 0.25) is 5.91 Å². The predicted octanol–water partition coefficient (Wildman–Crippen LogP) is 1.71. The Balaban J connectivity index is 2.70. The van der Waals surface area contributed by atoms with E-state index in [1.807, 2.05) is 13.8 Å². The quantitative estimate of drug-likeness (QED) is 0.805. The Bertz CT molecular complexity index is 366. The highest BCUT2D eigenvalue weighted by molar-refractivity contribution is 5.82. The molecule has 0 aromatic rings. The largest absolute Gasteiger partial charge is 0.481 e. The third-order valence-corrected chi connectivity index (χ3v) is 4.35. The van der Waals surface area contributed by atoms with E-state index >= 15 is 0 Å². The lowest BCUT2D eigenvalue weighted by molar-refractivity contribution is -0.153. The first-order valence-corrected chi connectivity index (χ1v) is 7.44. The van der Waals surface area contributed by atoms with Crippen molar-refractivity contribution in [1.29, 1.82) is 0 Å². The summed E-state index contributed by atoms with van der Waals surface area (Å²) in [5, 5.41) is 9.32. The highest BCUT2D eigenvalue weighted by atomic mass is 16.4. The number of hydrogen-bond donors (Lipinski definition) is 2. The standard InChI is InChI=1S/C15H28N2O3/c1-10(2)8-12(16)13(18)17-7-5-6-11(9-17)15(3,4)14(19)20/h10-12H,5-9,16H2,1-4H3,(H,19,20). The number of carboxylic acid groups (broad SMARTS) is 1. The van der Waals surface area contributed by atoms with Crippen LogP contribution in [0.25, 0.3) is 0 Å². The van der Waals surface area contributed by atoms with E-state index < -0.39 is 17.4 Å². The second kappa shape index (κ2) is 6.57. The molecule has 0 spiro atoms. The average Bonchev–Trinajstić information content (AvgIpc) is 2.37. The molecule has 0 radical (unpaired) electrons. The topological polar surface area (TPSA) is 83.6 Å². The maximum atomic E-state index is 12.3. The van der Waals surface area contributed by atoms with Crippen LogP contribution in [-0.2, 0) is 9.59 Å². The zero-order valence-corrected chi connectivity index (χ0v) is 13.1. The first-order chi connectivity index (χ1) is 9.16. The smallest absolute Gasteiger partial charge is 0.309 e.